The van der Waals surface area contributed by atoms with Crippen LogP contribution in [0.3, 0.4) is 0 Å². The largest absolute Gasteiger partial charge is 0.362 e. The van der Waals surface area contributed by atoms with E-state index in [9.17, 15) is 9.59 Å². The fraction of sp³-hybridized carbons (Fsp3) is 0.357. The lowest BCUT2D eigenvalue weighted by atomic mass is 9.93. The molecule has 0 aromatic heterocycles. The monoisotopic (exact) mass is 294 g/mol. The van der Waals surface area contributed by atoms with Crippen LogP contribution in [0.5, 0.6) is 0 Å². The molecule has 0 saturated carbocycles. The van der Waals surface area contributed by atoms with Crippen molar-refractivity contribution in [2.75, 3.05) is 6.61 Å². The van der Waals surface area contributed by atoms with Crippen molar-refractivity contribution in [2.45, 2.75) is 25.5 Å². The first kappa shape index (κ1) is 14.7. The lowest BCUT2D eigenvalue weighted by molar-refractivity contribution is -0.114. The molecule has 0 radical (unpaired) electrons. The van der Waals surface area contributed by atoms with Crippen LogP contribution in [0.15, 0.2) is 40.2 Å². The number of nitrogens with one attached hydrogen (secondary N) is 1. The number of nitrogens with zero attached hydrogens (tertiary/aromatic N) is 1. The zero-order valence-corrected chi connectivity index (χ0v) is 12.0. The van der Waals surface area contributed by atoms with Gasteiger partial charge >= 0.3 is 0 Å². The Balaban J connectivity index is 2.19. The van der Waals surface area contributed by atoms with Gasteiger partial charge in [0.1, 0.15) is 24.5 Å². The van der Waals surface area contributed by atoms with E-state index in [1.54, 1.807) is 32.2 Å². The van der Waals surface area contributed by atoms with Crippen LogP contribution in [0.4, 0.5) is 0 Å². The lowest BCUT2D eigenvalue weighted by Gasteiger charge is -2.23. The Morgan fingerprint density at radius 2 is 2.25 bits per heavy atom. The molecular formula is C14H15ClN2O3. The van der Waals surface area contributed by atoms with Crippen molar-refractivity contribution in [3.8, 4) is 0 Å². The Hall–Kier alpha value is -1.72. The number of hydrogen-bond donors (Lipinski definition) is 1. The van der Waals surface area contributed by atoms with Crippen molar-refractivity contribution in [2.24, 2.45) is 4.99 Å². The number of aldehydes is 1. The molecule has 0 bridgehead atoms. The molecule has 6 heteroatoms. The summed E-state index contributed by atoms with van der Waals surface area (Å²) in [6, 6.07) is 0. The number of rotatable bonds is 4. The zero-order chi connectivity index (χ0) is 14.7. The molecule has 1 N–H and O–H groups in total. The predicted octanol–water partition coefficient (Wildman–Crippen LogP) is 1.50. The molecule has 0 aliphatic carbocycles. The summed E-state index contributed by atoms with van der Waals surface area (Å²) in [7, 11) is 0. The second-order valence-corrected chi connectivity index (χ2v) is 4.92. The number of allylic oxidation sites excluding steroid dienone is 4. The van der Waals surface area contributed by atoms with E-state index in [0.717, 1.165) is 0 Å². The van der Waals surface area contributed by atoms with Crippen LogP contribution in [0, 0.1) is 0 Å². The van der Waals surface area contributed by atoms with E-state index in [1.165, 1.54) is 0 Å². The number of alkyl halides is 1. The van der Waals surface area contributed by atoms with Gasteiger partial charge in [0.2, 0.25) is 0 Å². The van der Waals surface area contributed by atoms with Gasteiger partial charge in [0.25, 0.3) is 0 Å². The maximum absolute atomic E-state index is 12.2. The van der Waals surface area contributed by atoms with Crippen LogP contribution in [0.25, 0.3) is 0 Å². The average molecular weight is 295 g/mol. The van der Waals surface area contributed by atoms with Crippen molar-refractivity contribution in [1.82, 2.24) is 5.32 Å². The van der Waals surface area contributed by atoms with E-state index in [0.29, 0.717) is 28.8 Å². The summed E-state index contributed by atoms with van der Waals surface area (Å²) in [6.45, 7) is 3.53. The van der Waals surface area contributed by atoms with Gasteiger partial charge in [0, 0.05) is 28.8 Å². The minimum absolute atomic E-state index is 0.0130. The maximum atomic E-state index is 12.2. The van der Waals surface area contributed by atoms with Crippen molar-refractivity contribution in [3.63, 3.8) is 0 Å². The van der Waals surface area contributed by atoms with Crippen LogP contribution in [0.1, 0.15) is 13.8 Å². The Labute approximate surface area is 122 Å². The quantitative estimate of drug-likeness (QED) is 0.630. The van der Waals surface area contributed by atoms with E-state index in [4.69, 9.17) is 16.3 Å². The first-order valence-corrected chi connectivity index (χ1v) is 6.62. The number of ketones is 1. The summed E-state index contributed by atoms with van der Waals surface area (Å²) < 4.78 is 5.19. The van der Waals surface area contributed by atoms with E-state index in [-0.39, 0.29) is 18.6 Å². The number of carbonyl (C=O) groups excluding carboxylic acids is 2. The van der Waals surface area contributed by atoms with E-state index in [2.05, 4.69) is 10.3 Å². The average Bonchev–Trinajstić information content (AvgIpc) is 2.44. The van der Waals surface area contributed by atoms with Gasteiger partial charge in [-0.25, -0.2) is 0 Å². The second-order valence-electron chi connectivity index (χ2n) is 4.49. The number of dihydropyridines is 1. The Morgan fingerprint density at radius 3 is 2.85 bits per heavy atom. The fourth-order valence-corrected chi connectivity index (χ4v) is 2.25. The van der Waals surface area contributed by atoms with Crippen LogP contribution in [0.2, 0.25) is 0 Å². The Bertz CT molecular complexity index is 561. The van der Waals surface area contributed by atoms with E-state index < -0.39 is 5.38 Å². The standard InChI is InChI=1S/C14H15ClN2O3/c1-8-12(14(19)13(15)9(2)17-8)10-3-4-11(16-7-10)20-6-5-18/h3-5,7,11,13,16H,6H2,1-2H3. The molecule has 0 spiro atoms. The molecule has 5 nitrogen and oxygen atoms in total. The molecule has 0 saturated heterocycles. The highest BCUT2D eigenvalue weighted by Gasteiger charge is 2.30. The van der Waals surface area contributed by atoms with E-state index >= 15 is 0 Å². The van der Waals surface area contributed by atoms with Gasteiger partial charge in [-0.05, 0) is 19.9 Å². The summed E-state index contributed by atoms with van der Waals surface area (Å²) in [5.74, 6) is -0.151. The Kier molecular flexibility index (Phi) is 4.52. The van der Waals surface area contributed by atoms with Crippen molar-refractivity contribution in [3.05, 3.63) is 35.2 Å². The minimum Gasteiger partial charge on any atom is -0.362 e. The molecule has 0 amide bonds. The normalized spacial score (nSPS) is 26.1. The lowest BCUT2D eigenvalue weighted by Crippen LogP contribution is -2.32. The molecule has 2 heterocycles. The molecule has 0 aromatic rings. The number of aliphatic imine (C=N–C) groups is 1. The number of ether oxygens (including phenoxy) is 1. The number of carbonyl (C=O) groups is 2. The molecule has 0 aromatic carbocycles. The van der Waals surface area contributed by atoms with E-state index in [1.807, 2.05) is 0 Å². The Morgan fingerprint density at radius 1 is 1.50 bits per heavy atom. The first-order valence-electron chi connectivity index (χ1n) is 6.19. The second kappa shape index (κ2) is 6.15. The minimum atomic E-state index is -0.716. The topological polar surface area (TPSA) is 67.8 Å². The molecular weight excluding hydrogens is 280 g/mol. The highest BCUT2D eigenvalue weighted by Crippen LogP contribution is 2.27. The van der Waals surface area contributed by atoms with Crippen LogP contribution >= 0.6 is 11.6 Å². The molecule has 2 aliphatic rings. The van der Waals surface area contributed by atoms with Crippen LogP contribution < -0.4 is 5.32 Å². The third kappa shape index (κ3) is 2.89. The number of halogens is 1. The van der Waals surface area contributed by atoms with Gasteiger partial charge in [0.15, 0.2) is 5.78 Å². The van der Waals surface area contributed by atoms with Crippen molar-refractivity contribution >= 4 is 29.4 Å². The summed E-state index contributed by atoms with van der Waals surface area (Å²) >= 11 is 6.04. The maximum Gasteiger partial charge on any atom is 0.188 e. The molecule has 0 fully saturated rings. The smallest absolute Gasteiger partial charge is 0.188 e. The summed E-state index contributed by atoms with van der Waals surface area (Å²) in [6.07, 6.45) is 5.48. The van der Waals surface area contributed by atoms with Gasteiger partial charge in [0.05, 0.1) is 0 Å². The van der Waals surface area contributed by atoms with Crippen LogP contribution in [-0.2, 0) is 14.3 Å². The fourth-order valence-electron chi connectivity index (χ4n) is 2.09. The van der Waals surface area contributed by atoms with Gasteiger partial charge in [-0.2, -0.15) is 0 Å². The van der Waals surface area contributed by atoms with Crippen LogP contribution in [-0.4, -0.2) is 36.0 Å². The molecule has 2 rings (SSSR count). The zero-order valence-electron chi connectivity index (χ0n) is 11.2. The molecule has 20 heavy (non-hydrogen) atoms. The highest BCUT2D eigenvalue weighted by atomic mass is 35.5. The first-order chi connectivity index (χ1) is 9.54. The summed E-state index contributed by atoms with van der Waals surface area (Å²) in [5, 5.41) is 2.24. The van der Waals surface area contributed by atoms with Gasteiger partial charge < -0.3 is 14.8 Å². The van der Waals surface area contributed by atoms with Gasteiger partial charge in [-0.3, -0.25) is 9.79 Å². The van der Waals surface area contributed by atoms with Crippen molar-refractivity contribution < 1.29 is 14.3 Å². The number of Topliss-reactive ketones (excluding diaryl/α,β-unsaturated/α-hetero) is 1. The van der Waals surface area contributed by atoms with Gasteiger partial charge in [-0.15, -0.1) is 11.6 Å². The highest BCUT2D eigenvalue weighted by molar-refractivity contribution is 6.46. The summed E-state index contributed by atoms with van der Waals surface area (Å²) in [4.78, 5) is 26.8. The third-order valence-electron chi connectivity index (χ3n) is 3.04. The molecule has 2 unspecified atom stereocenters. The third-order valence-corrected chi connectivity index (χ3v) is 3.55. The molecule has 106 valence electrons. The number of hydrogen-bond acceptors (Lipinski definition) is 5. The predicted molar refractivity (Wildman–Crippen MR) is 76.6 cm³/mol. The SMILES string of the molecule is CC1=NC(C)=C(C2=CNC(OCC=O)C=C2)C(=O)C1Cl. The molecule has 2 atom stereocenters. The van der Waals surface area contributed by atoms with Gasteiger partial charge in [-0.1, -0.05) is 6.08 Å². The molecule has 2 aliphatic heterocycles. The summed E-state index contributed by atoms with van der Waals surface area (Å²) in [5.41, 5.74) is 2.47. The van der Waals surface area contributed by atoms with Crippen molar-refractivity contribution in [1.29, 1.82) is 0 Å².